The summed E-state index contributed by atoms with van der Waals surface area (Å²) in [6.45, 7) is 10.9. The number of fused-ring (bicyclic) bond motifs is 7. The number of allylic oxidation sites excluding steroid dienone is 2. The van der Waals surface area contributed by atoms with Crippen LogP contribution in [0.25, 0.3) is 0 Å². The Labute approximate surface area is 141 Å². The average molecular weight is 322 g/mol. The van der Waals surface area contributed by atoms with E-state index in [-0.39, 0.29) is 17.3 Å². The fraction of sp³-hybridized carbons (Fsp3) is 0.900. The highest BCUT2D eigenvalue weighted by Crippen LogP contribution is 2.48. The summed E-state index contributed by atoms with van der Waals surface area (Å²) in [4.78, 5) is 0. The molecule has 0 radical (unpaired) electrons. The molecule has 0 unspecified atom stereocenters. The third-order valence-electron chi connectivity index (χ3n) is 6.65. The van der Waals surface area contributed by atoms with Crippen molar-refractivity contribution in [2.45, 2.75) is 109 Å². The van der Waals surface area contributed by atoms with Crippen molar-refractivity contribution in [3.63, 3.8) is 0 Å². The minimum Gasteiger partial charge on any atom is -0.390 e. The van der Waals surface area contributed by atoms with Crippen molar-refractivity contribution in [3.8, 4) is 0 Å². The number of aliphatic hydroxyl groups excluding tert-OH is 1. The van der Waals surface area contributed by atoms with E-state index in [9.17, 15) is 5.11 Å². The summed E-state index contributed by atoms with van der Waals surface area (Å²) < 4.78 is 12.5. The zero-order valence-corrected chi connectivity index (χ0v) is 15.5. The van der Waals surface area contributed by atoms with E-state index in [4.69, 9.17) is 9.47 Å². The summed E-state index contributed by atoms with van der Waals surface area (Å²) in [5.41, 5.74) is 0.879. The van der Waals surface area contributed by atoms with Crippen LogP contribution in [0.3, 0.4) is 0 Å². The molecule has 2 bridgehead atoms. The first-order valence-electron chi connectivity index (χ1n) is 9.36. The Morgan fingerprint density at radius 2 is 1.83 bits per heavy atom. The quantitative estimate of drug-likeness (QED) is 0.531. The van der Waals surface area contributed by atoms with Crippen LogP contribution < -0.4 is 0 Å². The summed E-state index contributed by atoms with van der Waals surface area (Å²) in [7, 11) is 0. The Morgan fingerprint density at radius 3 is 2.57 bits per heavy atom. The van der Waals surface area contributed by atoms with Gasteiger partial charge >= 0.3 is 0 Å². The molecule has 3 nitrogen and oxygen atoms in total. The standard InChI is InChI=1S/C20H34O3/c1-14-7-6-11-20(5)17(22-20)10-12-19(4)16(21)13-15(9-8-14)18(2,3)23-19/h7,15-17,21H,6,8-13H2,1-5H3/b14-7+/t15-,16-,17-,19+,20-/m1/s1. The van der Waals surface area contributed by atoms with Crippen molar-refractivity contribution in [1.82, 2.24) is 0 Å². The molecule has 23 heavy (non-hydrogen) atoms. The maximum atomic E-state index is 10.8. The van der Waals surface area contributed by atoms with Crippen LogP contribution in [0.5, 0.6) is 0 Å². The van der Waals surface area contributed by atoms with E-state index in [2.05, 4.69) is 40.7 Å². The maximum absolute atomic E-state index is 10.8. The number of hydrogen-bond donors (Lipinski definition) is 1. The normalized spacial score (nSPS) is 49.7. The van der Waals surface area contributed by atoms with Crippen LogP contribution in [0.2, 0.25) is 0 Å². The predicted molar refractivity (Wildman–Crippen MR) is 92.4 cm³/mol. The predicted octanol–water partition coefficient (Wildman–Crippen LogP) is 4.38. The van der Waals surface area contributed by atoms with Gasteiger partial charge in [-0.1, -0.05) is 11.6 Å². The minimum atomic E-state index is -0.443. The Hall–Kier alpha value is -0.380. The number of hydrogen-bond acceptors (Lipinski definition) is 3. The molecule has 4 aliphatic rings. The minimum absolute atomic E-state index is 0.0366. The molecule has 2 saturated heterocycles. The van der Waals surface area contributed by atoms with Crippen LogP contribution in [0.4, 0.5) is 0 Å². The Balaban J connectivity index is 1.81. The van der Waals surface area contributed by atoms with Gasteiger partial charge in [0.05, 0.1) is 29.0 Å². The second-order valence-electron chi connectivity index (χ2n) is 9.05. The molecule has 2 fully saturated rings. The molecule has 3 aliphatic heterocycles. The highest BCUT2D eigenvalue weighted by atomic mass is 16.6. The van der Waals surface area contributed by atoms with Crippen LogP contribution in [-0.2, 0) is 9.47 Å². The SMILES string of the molecule is C/C1=C\CC[C@@]2(C)O[C@@H]2CC[C@]2(C)OC(C)(C)[C@H](CC1)C[C@H]2O. The van der Waals surface area contributed by atoms with Gasteiger partial charge in [-0.2, -0.15) is 0 Å². The summed E-state index contributed by atoms with van der Waals surface area (Å²) in [6, 6.07) is 0. The van der Waals surface area contributed by atoms with E-state index in [1.54, 1.807) is 0 Å². The molecule has 3 heteroatoms. The van der Waals surface area contributed by atoms with Gasteiger partial charge in [-0.3, -0.25) is 0 Å². The van der Waals surface area contributed by atoms with Gasteiger partial charge in [0.2, 0.25) is 0 Å². The zero-order chi connectivity index (χ0) is 16.9. The Kier molecular flexibility index (Phi) is 4.44. The first-order valence-corrected chi connectivity index (χ1v) is 9.36. The van der Waals surface area contributed by atoms with Crippen molar-refractivity contribution in [2.75, 3.05) is 0 Å². The lowest BCUT2D eigenvalue weighted by molar-refractivity contribution is -0.244. The van der Waals surface area contributed by atoms with E-state index >= 15 is 0 Å². The first kappa shape index (κ1) is 17.4. The van der Waals surface area contributed by atoms with Crippen molar-refractivity contribution >= 4 is 0 Å². The molecule has 132 valence electrons. The van der Waals surface area contributed by atoms with Gasteiger partial charge < -0.3 is 14.6 Å². The van der Waals surface area contributed by atoms with Gasteiger partial charge in [-0.05, 0) is 85.5 Å². The third-order valence-corrected chi connectivity index (χ3v) is 6.65. The van der Waals surface area contributed by atoms with Crippen LogP contribution >= 0.6 is 0 Å². The number of ether oxygens (including phenoxy) is 2. The molecular formula is C20H34O3. The van der Waals surface area contributed by atoms with E-state index in [1.807, 2.05) is 0 Å². The summed E-state index contributed by atoms with van der Waals surface area (Å²) in [5, 5.41) is 10.8. The molecule has 1 N–H and O–H groups in total. The van der Waals surface area contributed by atoms with Gasteiger partial charge in [-0.15, -0.1) is 0 Å². The second kappa shape index (κ2) is 5.86. The zero-order valence-electron chi connectivity index (χ0n) is 15.5. The molecule has 0 aromatic rings. The number of rotatable bonds is 0. The number of epoxide rings is 1. The highest BCUT2D eigenvalue weighted by molar-refractivity contribution is 5.07. The van der Waals surface area contributed by atoms with Gasteiger partial charge in [0.25, 0.3) is 0 Å². The first-order chi connectivity index (χ1) is 10.6. The molecule has 0 amide bonds. The molecule has 0 aromatic heterocycles. The van der Waals surface area contributed by atoms with E-state index in [1.165, 1.54) is 5.57 Å². The largest absolute Gasteiger partial charge is 0.390 e. The molecule has 5 atom stereocenters. The smallest absolute Gasteiger partial charge is 0.0923 e. The highest BCUT2D eigenvalue weighted by Gasteiger charge is 2.54. The van der Waals surface area contributed by atoms with Crippen LogP contribution in [0.1, 0.15) is 79.6 Å². The van der Waals surface area contributed by atoms with Crippen molar-refractivity contribution < 1.29 is 14.6 Å². The monoisotopic (exact) mass is 322 g/mol. The molecule has 0 aromatic carbocycles. The number of aliphatic hydroxyl groups is 1. The van der Waals surface area contributed by atoms with Gasteiger partial charge in [0.1, 0.15) is 0 Å². The van der Waals surface area contributed by atoms with E-state index in [0.717, 1.165) is 44.9 Å². The Bertz CT molecular complexity index is 483. The lowest BCUT2D eigenvalue weighted by Gasteiger charge is -2.51. The molecule has 1 aliphatic carbocycles. The average Bonchev–Trinajstić information content (AvgIpc) is 3.09. The third kappa shape index (κ3) is 3.52. The summed E-state index contributed by atoms with van der Waals surface area (Å²) in [6.07, 6.45) is 9.44. The second-order valence-corrected chi connectivity index (χ2v) is 9.05. The molecule has 3 heterocycles. The fourth-order valence-corrected chi connectivity index (χ4v) is 4.64. The van der Waals surface area contributed by atoms with Crippen molar-refractivity contribution in [1.29, 1.82) is 0 Å². The fourth-order valence-electron chi connectivity index (χ4n) is 4.64. The summed E-state index contributed by atoms with van der Waals surface area (Å²) >= 11 is 0. The van der Waals surface area contributed by atoms with Crippen LogP contribution in [0.15, 0.2) is 11.6 Å². The molecule has 0 saturated carbocycles. The molecule has 0 spiro atoms. The van der Waals surface area contributed by atoms with E-state index < -0.39 is 5.60 Å². The van der Waals surface area contributed by atoms with Crippen LogP contribution in [0, 0.1) is 5.92 Å². The van der Waals surface area contributed by atoms with Gasteiger partial charge in [0, 0.05) is 0 Å². The van der Waals surface area contributed by atoms with E-state index in [0.29, 0.717) is 12.0 Å². The maximum Gasteiger partial charge on any atom is 0.0923 e. The topological polar surface area (TPSA) is 42.0 Å². The Morgan fingerprint density at radius 1 is 1.09 bits per heavy atom. The lowest BCUT2D eigenvalue weighted by Crippen LogP contribution is -2.57. The lowest BCUT2D eigenvalue weighted by atomic mass is 9.73. The van der Waals surface area contributed by atoms with Crippen LogP contribution in [-0.4, -0.2) is 34.1 Å². The van der Waals surface area contributed by atoms with Crippen molar-refractivity contribution in [2.24, 2.45) is 5.92 Å². The summed E-state index contributed by atoms with van der Waals surface area (Å²) in [5.74, 6) is 0.416. The van der Waals surface area contributed by atoms with Crippen molar-refractivity contribution in [3.05, 3.63) is 11.6 Å². The van der Waals surface area contributed by atoms with Gasteiger partial charge in [0.15, 0.2) is 0 Å². The molecule has 4 rings (SSSR count). The van der Waals surface area contributed by atoms with Gasteiger partial charge in [-0.25, -0.2) is 0 Å². The molecular weight excluding hydrogens is 288 g/mol.